The number of nitrogens with two attached hydrogens (primary N) is 1. The maximum absolute atomic E-state index is 11.3. The fourth-order valence-corrected chi connectivity index (χ4v) is 2.18. The maximum Gasteiger partial charge on any atom is 0.267 e. The highest BCUT2D eigenvalue weighted by atomic mass is 16.1. The van der Waals surface area contributed by atoms with Gasteiger partial charge in [0.2, 0.25) is 0 Å². The van der Waals surface area contributed by atoms with Gasteiger partial charge in [-0.1, -0.05) is 0 Å². The Kier molecular flexibility index (Phi) is 2.92. The van der Waals surface area contributed by atoms with E-state index in [1.54, 1.807) is 0 Å². The molecule has 1 aliphatic heterocycles. The molecule has 0 fully saturated rings. The van der Waals surface area contributed by atoms with Crippen molar-refractivity contribution in [3.8, 4) is 0 Å². The van der Waals surface area contributed by atoms with Crippen molar-refractivity contribution in [1.29, 1.82) is 0 Å². The average Bonchev–Trinajstić information content (AvgIpc) is 2.48. The highest BCUT2D eigenvalue weighted by molar-refractivity contribution is 5.92. The van der Waals surface area contributed by atoms with Gasteiger partial charge in [-0.2, -0.15) is 0 Å². The van der Waals surface area contributed by atoms with Gasteiger partial charge in [-0.25, -0.2) is 4.98 Å². The Morgan fingerprint density at radius 3 is 2.81 bits per heavy atom. The van der Waals surface area contributed by atoms with E-state index in [1.165, 1.54) is 5.56 Å². The van der Waals surface area contributed by atoms with Gasteiger partial charge in [-0.15, -0.1) is 0 Å². The molecular weight excluding hydrogens is 202 g/mol. The minimum absolute atomic E-state index is 0.429. The molecule has 0 saturated heterocycles. The fourth-order valence-electron chi connectivity index (χ4n) is 2.18. The summed E-state index contributed by atoms with van der Waals surface area (Å²) in [5.74, 6) is -0.430. The number of hydrogen-bond acceptors (Lipinski definition) is 3. The van der Waals surface area contributed by atoms with Crippen LogP contribution in [0.25, 0.3) is 0 Å². The number of aromatic nitrogens is 1. The molecule has 0 aromatic carbocycles. The summed E-state index contributed by atoms with van der Waals surface area (Å²) < 4.78 is 0. The first-order valence-electron chi connectivity index (χ1n) is 5.60. The zero-order valence-corrected chi connectivity index (χ0v) is 9.76. The molecule has 0 spiro atoms. The number of aryl methyl sites for hydroxylation is 1. The highest BCUT2D eigenvalue weighted by Crippen LogP contribution is 2.21. The molecule has 2 rings (SSSR count). The predicted molar refractivity (Wildman–Crippen MR) is 62.3 cm³/mol. The smallest absolute Gasteiger partial charge is 0.267 e. The Morgan fingerprint density at radius 2 is 2.12 bits per heavy atom. The lowest BCUT2D eigenvalue weighted by Gasteiger charge is -2.14. The van der Waals surface area contributed by atoms with Crippen molar-refractivity contribution in [2.75, 3.05) is 6.54 Å². The number of fused-ring (bicyclic) bond motifs is 1. The van der Waals surface area contributed by atoms with Crippen molar-refractivity contribution in [2.24, 2.45) is 5.73 Å². The zero-order valence-electron chi connectivity index (χ0n) is 9.76. The Hall–Kier alpha value is -1.42. The Labute approximate surface area is 95.3 Å². The number of carbonyl (C=O) groups excluding carboxylic acids is 1. The number of primary amides is 1. The second-order valence-electron chi connectivity index (χ2n) is 4.28. The van der Waals surface area contributed by atoms with Crippen molar-refractivity contribution < 1.29 is 4.79 Å². The standard InChI is InChI=1S/C12H17N3O/c1-7-8(2)11(12(13)16)15-10-4-3-5-14-6-9(7)10/h14H,3-6H2,1-2H3,(H2,13,16). The molecule has 86 valence electrons. The Balaban J connectivity index is 2.59. The van der Waals surface area contributed by atoms with Gasteiger partial charge in [0, 0.05) is 12.2 Å². The van der Waals surface area contributed by atoms with Gasteiger partial charge in [-0.3, -0.25) is 4.79 Å². The molecule has 0 unspecified atom stereocenters. The first kappa shape index (κ1) is 11.1. The van der Waals surface area contributed by atoms with Gasteiger partial charge in [0.1, 0.15) is 5.69 Å². The van der Waals surface area contributed by atoms with Crippen molar-refractivity contribution in [3.05, 3.63) is 28.1 Å². The van der Waals surface area contributed by atoms with Crippen LogP contribution in [-0.2, 0) is 13.0 Å². The number of hydrogen-bond donors (Lipinski definition) is 2. The van der Waals surface area contributed by atoms with E-state index in [4.69, 9.17) is 5.73 Å². The number of amides is 1. The lowest BCUT2D eigenvalue weighted by Crippen LogP contribution is -2.19. The van der Waals surface area contributed by atoms with Gasteiger partial charge in [0.25, 0.3) is 5.91 Å². The molecule has 0 atom stereocenters. The predicted octanol–water partition coefficient (Wildman–Crippen LogP) is 0.833. The van der Waals surface area contributed by atoms with E-state index in [-0.39, 0.29) is 0 Å². The number of pyridine rings is 1. The molecule has 2 heterocycles. The number of nitrogens with one attached hydrogen (secondary N) is 1. The van der Waals surface area contributed by atoms with E-state index in [2.05, 4.69) is 10.3 Å². The van der Waals surface area contributed by atoms with Crippen LogP contribution in [0.1, 0.15) is 39.3 Å². The molecular formula is C12H17N3O. The molecule has 1 aliphatic rings. The number of carbonyl (C=O) groups is 1. The molecule has 4 nitrogen and oxygen atoms in total. The van der Waals surface area contributed by atoms with E-state index >= 15 is 0 Å². The van der Waals surface area contributed by atoms with Crippen LogP contribution in [0.2, 0.25) is 0 Å². The maximum atomic E-state index is 11.3. The molecule has 16 heavy (non-hydrogen) atoms. The second kappa shape index (κ2) is 4.22. The summed E-state index contributed by atoms with van der Waals surface area (Å²) in [4.78, 5) is 15.7. The summed E-state index contributed by atoms with van der Waals surface area (Å²) in [5, 5.41) is 3.36. The summed E-state index contributed by atoms with van der Waals surface area (Å²) in [6, 6.07) is 0. The van der Waals surface area contributed by atoms with Crippen LogP contribution < -0.4 is 11.1 Å². The fraction of sp³-hybridized carbons (Fsp3) is 0.500. The normalized spacial score (nSPS) is 15.4. The number of nitrogens with zero attached hydrogens (tertiary/aromatic N) is 1. The second-order valence-corrected chi connectivity index (χ2v) is 4.28. The van der Waals surface area contributed by atoms with Crippen LogP contribution in [0.5, 0.6) is 0 Å². The molecule has 0 aliphatic carbocycles. The minimum Gasteiger partial charge on any atom is -0.364 e. The molecule has 0 radical (unpaired) electrons. The van der Waals surface area contributed by atoms with Crippen LogP contribution in [0, 0.1) is 13.8 Å². The van der Waals surface area contributed by atoms with E-state index in [9.17, 15) is 4.79 Å². The summed E-state index contributed by atoms with van der Waals surface area (Å²) in [7, 11) is 0. The minimum atomic E-state index is -0.430. The third kappa shape index (κ3) is 1.80. The third-order valence-electron chi connectivity index (χ3n) is 3.27. The van der Waals surface area contributed by atoms with Gasteiger partial charge in [0.05, 0.1) is 0 Å². The monoisotopic (exact) mass is 219 g/mol. The first-order valence-corrected chi connectivity index (χ1v) is 5.60. The van der Waals surface area contributed by atoms with Gasteiger partial charge < -0.3 is 11.1 Å². The van der Waals surface area contributed by atoms with Crippen LogP contribution >= 0.6 is 0 Å². The van der Waals surface area contributed by atoms with E-state index in [0.717, 1.165) is 42.8 Å². The zero-order chi connectivity index (χ0) is 11.7. The van der Waals surface area contributed by atoms with E-state index in [0.29, 0.717) is 5.69 Å². The summed E-state index contributed by atoms with van der Waals surface area (Å²) >= 11 is 0. The van der Waals surface area contributed by atoms with Gasteiger partial charge in [-0.05, 0) is 49.9 Å². The number of rotatable bonds is 1. The van der Waals surface area contributed by atoms with Gasteiger partial charge in [0.15, 0.2) is 0 Å². The summed E-state index contributed by atoms with van der Waals surface area (Å²) in [6.07, 6.45) is 1.98. The quantitative estimate of drug-likeness (QED) is 0.735. The van der Waals surface area contributed by atoms with E-state index < -0.39 is 5.91 Å². The summed E-state index contributed by atoms with van der Waals surface area (Å²) in [6.45, 7) is 5.79. The molecule has 0 bridgehead atoms. The molecule has 1 amide bonds. The molecule has 1 aromatic rings. The summed E-state index contributed by atoms with van der Waals surface area (Å²) in [5.41, 5.74) is 10.1. The Morgan fingerprint density at radius 1 is 1.38 bits per heavy atom. The van der Waals surface area contributed by atoms with Crippen molar-refractivity contribution in [2.45, 2.75) is 33.2 Å². The van der Waals surface area contributed by atoms with Gasteiger partial charge >= 0.3 is 0 Å². The SMILES string of the molecule is Cc1c(C(N)=O)nc2c(c1C)CNCCC2. The lowest BCUT2D eigenvalue weighted by molar-refractivity contribution is 0.0994. The molecule has 1 aromatic heterocycles. The topological polar surface area (TPSA) is 68.0 Å². The molecule has 0 saturated carbocycles. The average molecular weight is 219 g/mol. The van der Waals surface area contributed by atoms with Crippen molar-refractivity contribution >= 4 is 5.91 Å². The lowest BCUT2D eigenvalue weighted by atomic mass is 9.99. The van der Waals surface area contributed by atoms with Crippen LogP contribution in [0.4, 0.5) is 0 Å². The van der Waals surface area contributed by atoms with Crippen molar-refractivity contribution in [3.63, 3.8) is 0 Å². The molecule has 4 heteroatoms. The highest BCUT2D eigenvalue weighted by Gasteiger charge is 2.18. The van der Waals surface area contributed by atoms with E-state index in [1.807, 2.05) is 13.8 Å². The third-order valence-corrected chi connectivity index (χ3v) is 3.27. The first-order chi connectivity index (χ1) is 7.61. The van der Waals surface area contributed by atoms with Crippen molar-refractivity contribution in [1.82, 2.24) is 10.3 Å². The van der Waals surface area contributed by atoms with Crippen LogP contribution in [-0.4, -0.2) is 17.4 Å². The van der Waals surface area contributed by atoms with Crippen LogP contribution in [0.3, 0.4) is 0 Å². The Bertz CT molecular complexity index is 440. The molecule has 3 N–H and O–H groups in total. The van der Waals surface area contributed by atoms with Crippen LogP contribution in [0.15, 0.2) is 0 Å². The largest absolute Gasteiger partial charge is 0.364 e.